The highest BCUT2D eigenvalue weighted by Gasteiger charge is 2.22. The van der Waals surface area contributed by atoms with Crippen LogP contribution in [-0.2, 0) is 13.9 Å². The number of aromatic amines is 2. The van der Waals surface area contributed by atoms with Gasteiger partial charge in [-0.1, -0.05) is 0 Å². The van der Waals surface area contributed by atoms with Crippen LogP contribution in [0.15, 0.2) is 15.8 Å². The molecule has 0 aliphatic heterocycles. The van der Waals surface area contributed by atoms with Gasteiger partial charge in [-0.25, -0.2) is 9.36 Å². The van der Waals surface area contributed by atoms with Crippen molar-refractivity contribution < 1.29 is 28.8 Å². The monoisotopic (exact) mass is 295 g/mol. The van der Waals surface area contributed by atoms with Crippen LogP contribution in [-0.4, -0.2) is 43.5 Å². The van der Waals surface area contributed by atoms with Crippen molar-refractivity contribution in [3.05, 3.63) is 27.0 Å². The third-order valence-electron chi connectivity index (χ3n) is 1.78. The smallest absolute Gasteiger partial charge is 0.381 e. The minimum Gasteiger partial charge on any atom is -0.381 e. The average Bonchev–Trinajstić information content (AvgIpc) is 2.28. The second-order valence-electron chi connectivity index (χ2n) is 3.28. The molecule has 0 saturated heterocycles. The van der Waals surface area contributed by atoms with Crippen LogP contribution in [0.5, 0.6) is 0 Å². The molecule has 1 heterocycles. The highest BCUT2D eigenvalue weighted by Crippen LogP contribution is 2.35. The number of rotatable bonds is 5. The molecule has 1 unspecified atom stereocenters. The van der Waals surface area contributed by atoms with E-state index in [0.29, 0.717) is 0 Å². The molecule has 1 atom stereocenters. The van der Waals surface area contributed by atoms with Gasteiger partial charge in [-0.05, 0) is 0 Å². The Kier molecular flexibility index (Phi) is 4.75. The number of phosphoric ester groups is 1. The molecule has 11 nitrogen and oxygen atoms in total. The SMILES string of the molecule is O=C(Nc1c[nH]c(=O)[nH]c1=O)C(O)COP(=O)(O)O. The first-order valence-electron chi connectivity index (χ1n) is 4.70. The quantitative estimate of drug-likeness (QED) is 0.321. The molecule has 0 bridgehead atoms. The Labute approximate surface area is 104 Å². The molecule has 0 fully saturated rings. The van der Waals surface area contributed by atoms with E-state index in [1.165, 1.54) is 0 Å². The van der Waals surface area contributed by atoms with Crippen molar-refractivity contribution in [3.63, 3.8) is 0 Å². The molecule has 0 aromatic carbocycles. The van der Waals surface area contributed by atoms with Gasteiger partial charge in [-0.2, -0.15) is 0 Å². The van der Waals surface area contributed by atoms with E-state index in [2.05, 4.69) is 9.51 Å². The van der Waals surface area contributed by atoms with Gasteiger partial charge in [0.2, 0.25) is 0 Å². The molecule has 0 radical (unpaired) electrons. The van der Waals surface area contributed by atoms with Crippen molar-refractivity contribution in [2.75, 3.05) is 11.9 Å². The van der Waals surface area contributed by atoms with Crippen molar-refractivity contribution in [1.29, 1.82) is 0 Å². The predicted molar refractivity (Wildman–Crippen MR) is 60.3 cm³/mol. The first-order chi connectivity index (χ1) is 8.69. The summed E-state index contributed by atoms with van der Waals surface area (Å²) in [4.78, 5) is 53.8. The van der Waals surface area contributed by atoms with Gasteiger partial charge in [-0.15, -0.1) is 0 Å². The largest absolute Gasteiger partial charge is 0.469 e. The second-order valence-corrected chi connectivity index (χ2v) is 4.52. The van der Waals surface area contributed by atoms with Crippen LogP contribution in [0, 0.1) is 0 Å². The maximum Gasteiger partial charge on any atom is 0.469 e. The molecule has 0 saturated carbocycles. The van der Waals surface area contributed by atoms with Crippen LogP contribution in [0.2, 0.25) is 0 Å². The summed E-state index contributed by atoms with van der Waals surface area (Å²) in [5.41, 5.74) is -2.03. The first kappa shape index (κ1) is 15.3. The molecular formula is C7H10N3O8P. The fraction of sp³-hybridized carbons (Fsp3) is 0.286. The van der Waals surface area contributed by atoms with Crippen LogP contribution in [0.25, 0.3) is 0 Å². The summed E-state index contributed by atoms with van der Waals surface area (Å²) >= 11 is 0. The molecule has 6 N–H and O–H groups in total. The predicted octanol–water partition coefficient (Wildman–Crippen LogP) is -2.53. The lowest BCUT2D eigenvalue weighted by Crippen LogP contribution is -2.34. The molecule has 1 aromatic rings. The van der Waals surface area contributed by atoms with Crippen LogP contribution >= 0.6 is 7.82 Å². The van der Waals surface area contributed by atoms with Crippen LogP contribution in [0.4, 0.5) is 5.69 Å². The highest BCUT2D eigenvalue weighted by atomic mass is 31.2. The Hall–Kier alpha value is -1.78. The molecule has 1 amide bonds. The number of amides is 1. The fourth-order valence-electron chi connectivity index (χ4n) is 0.962. The summed E-state index contributed by atoms with van der Waals surface area (Å²) in [6.07, 6.45) is -1.01. The zero-order chi connectivity index (χ0) is 14.6. The Morgan fingerprint density at radius 1 is 1.47 bits per heavy atom. The van der Waals surface area contributed by atoms with Gasteiger partial charge >= 0.3 is 13.5 Å². The second kappa shape index (κ2) is 5.91. The lowest BCUT2D eigenvalue weighted by Gasteiger charge is -2.11. The molecule has 106 valence electrons. The van der Waals surface area contributed by atoms with Crippen molar-refractivity contribution >= 4 is 19.4 Å². The standard InChI is InChI=1S/C7H10N3O8P/c11-4(2-18-19(15,16)17)6(13)9-3-1-8-7(14)10-5(3)12/h1,4,11H,2H2,(H,9,13)(H2,15,16,17)(H2,8,10,12,14). The molecule has 0 aliphatic carbocycles. The van der Waals surface area contributed by atoms with Gasteiger partial charge in [-0.3, -0.25) is 19.1 Å². The number of H-pyrrole nitrogens is 2. The average molecular weight is 295 g/mol. The highest BCUT2D eigenvalue weighted by molar-refractivity contribution is 7.46. The van der Waals surface area contributed by atoms with Crippen LogP contribution < -0.4 is 16.6 Å². The van der Waals surface area contributed by atoms with E-state index in [-0.39, 0.29) is 5.69 Å². The molecular weight excluding hydrogens is 285 g/mol. The summed E-state index contributed by atoms with van der Waals surface area (Å²) in [5.74, 6) is -1.13. The summed E-state index contributed by atoms with van der Waals surface area (Å²) in [6.45, 7) is -0.961. The van der Waals surface area contributed by atoms with E-state index >= 15 is 0 Å². The third-order valence-corrected chi connectivity index (χ3v) is 2.27. The number of phosphoric acid groups is 1. The van der Waals surface area contributed by atoms with E-state index in [9.17, 15) is 24.1 Å². The third kappa shape index (κ3) is 5.16. The van der Waals surface area contributed by atoms with Crippen molar-refractivity contribution in [2.24, 2.45) is 0 Å². The van der Waals surface area contributed by atoms with Crippen molar-refractivity contribution in [3.8, 4) is 0 Å². The Balaban J connectivity index is 2.66. The Bertz CT molecular complexity index is 615. The van der Waals surface area contributed by atoms with E-state index in [1.807, 2.05) is 10.3 Å². The van der Waals surface area contributed by atoms with Gasteiger partial charge in [0.15, 0.2) is 6.10 Å². The van der Waals surface area contributed by atoms with Crippen molar-refractivity contribution in [1.82, 2.24) is 9.97 Å². The van der Waals surface area contributed by atoms with Gasteiger partial charge in [0.05, 0.1) is 6.61 Å². The van der Waals surface area contributed by atoms with Crippen molar-refractivity contribution in [2.45, 2.75) is 6.10 Å². The maximum atomic E-state index is 11.3. The minimum atomic E-state index is -4.81. The zero-order valence-corrected chi connectivity index (χ0v) is 10.1. The van der Waals surface area contributed by atoms with E-state index < -0.39 is 37.7 Å². The first-order valence-corrected chi connectivity index (χ1v) is 6.23. The number of carbonyl (C=O) groups is 1. The number of aliphatic hydroxyl groups is 1. The van der Waals surface area contributed by atoms with Gasteiger partial charge < -0.3 is 25.2 Å². The van der Waals surface area contributed by atoms with E-state index in [0.717, 1.165) is 6.20 Å². The Morgan fingerprint density at radius 2 is 2.11 bits per heavy atom. The lowest BCUT2D eigenvalue weighted by atomic mass is 10.3. The topological polar surface area (TPSA) is 182 Å². The summed E-state index contributed by atoms with van der Waals surface area (Å²) in [6, 6.07) is 0. The summed E-state index contributed by atoms with van der Waals surface area (Å²) in [7, 11) is -4.81. The lowest BCUT2D eigenvalue weighted by molar-refractivity contribution is -0.125. The minimum absolute atomic E-state index is 0.347. The Morgan fingerprint density at radius 3 is 2.63 bits per heavy atom. The summed E-state index contributed by atoms with van der Waals surface area (Å²) in [5, 5.41) is 11.2. The molecule has 1 aromatic heterocycles. The number of anilines is 1. The van der Waals surface area contributed by atoms with Crippen LogP contribution in [0.3, 0.4) is 0 Å². The molecule has 0 spiro atoms. The van der Waals surface area contributed by atoms with Gasteiger partial charge in [0.25, 0.3) is 11.5 Å². The number of nitrogens with one attached hydrogen (secondary N) is 3. The molecule has 1 rings (SSSR count). The van der Waals surface area contributed by atoms with Gasteiger partial charge in [0, 0.05) is 6.20 Å². The zero-order valence-electron chi connectivity index (χ0n) is 9.19. The maximum absolute atomic E-state index is 11.3. The number of aromatic nitrogens is 2. The van der Waals surface area contributed by atoms with E-state index in [1.54, 1.807) is 0 Å². The number of hydrogen-bond acceptors (Lipinski definition) is 6. The molecule has 12 heteroatoms. The normalized spacial score (nSPS) is 13.0. The molecule has 19 heavy (non-hydrogen) atoms. The van der Waals surface area contributed by atoms with Crippen LogP contribution in [0.1, 0.15) is 0 Å². The fourth-order valence-corrected chi connectivity index (χ4v) is 1.30. The molecule has 0 aliphatic rings. The number of carbonyl (C=O) groups excluding carboxylic acids is 1. The number of hydrogen-bond donors (Lipinski definition) is 6. The summed E-state index contributed by atoms with van der Waals surface area (Å²) < 4.78 is 14.3. The number of aliphatic hydroxyl groups excluding tert-OH is 1. The van der Waals surface area contributed by atoms with E-state index in [4.69, 9.17) is 9.79 Å². The van der Waals surface area contributed by atoms with Gasteiger partial charge in [0.1, 0.15) is 5.69 Å².